The first kappa shape index (κ1) is 16.3. The number of hydrogen-bond donors (Lipinski definition) is 1. The minimum Gasteiger partial charge on any atom is -0.313 e. The van der Waals surface area contributed by atoms with Crippen molar-refractivity contribution in [2.75, 3.05) is 26.7 Å². The van der Waals surface area contributed by atoms with Gasteiger partial charge in [-0.3, -0.25) is 0 Å². The fraction of sp³-hybridized carbons (Fsp3) is 1.00. The highest BCUT2D eigenvalue weighted by Gasteiger charge is 2.37. The zero-order valence-electron chi connectivity index (χ0n) is 14.5. The molecule has 2 aliphatic rings. The van der Waals surface area contributed by atoms with Crippen molar-refractivity contribution in [3.8, 4) is 0 Å². The minimum absolute atomic E-state index is 0.403. The molecule has 0 radical (unpaired) electrons. The van der Waals surface area contributed by atoms with Crippen molar-refractivity contribution in [3.63, 3.8) is 0 Å². The summed E-state index contributed by atoms with van der Waals surface area (Å²) in [5, 5.41) is 3.83. The summed E-state index contributed by atoms with van der Waals surface area (Å²) in [6, 6.07) is 0.844. The standard InChI is InChI=1S/C18H36N2/c1-15-7-6-10-18(11-15,12-19-16-8-9-16)14-20(5)13-17(2,3)4/h15-16,19H,6-14H2,1-5H3. The molecule has 2 atom stereocenters. The van der Waals surface area contributed by atoms with E-state index in [2.05, 4.69) is 45.0 Å². The topological polar surface area (TPSA) is 15.3 Å². The average Bonchev–Trinajstić information content (AvgIpc) is 3.07. The van der Waals surface area contributed by atoms with Gasteiger partial charge in [0.05, 0.1) is 0 Å². The van der Waals surface area contributed by atoms with Crippen LogP contribution in [0, 0.1) is 16.7 Å². The van der Waals surface area contributed by atoms with Gasteiger partial charge in [0, 0.05) is 25.7 Å². The summed E-state index contributed by atoms with van der Waals surface area (Å²) in [6.07, 6.45) is 8.52. The van der Waals surface area contributed by atoms with Crippen LogP contribution in [0.2, 0.25) is 0 Å². The smallest absolute Gasteiger partial charge is 0.00684 e. The molecule has 1 N–H and O–H groups in total. The third-order valence-electron chi connectivity index (χ3n) is 4.88. The molecule has 2 saturated carbocycles. The van der Waals surface area contributed by atoms with Crippen LogP contribution < -0.4 is 5.32 Å². The maximum absolute atomic E-state index is 3.83. The van der Waals surface area contributed by atoms with Crippen LogP contribution in [0.3, 0.4) is 0 Å². The molecule has 0 aromatic carbocycles. The van der Waals surface area contributed by atoms with Crippen LogP contribution in [0.25, 0.3) is 0 Å². The van der Waals surface area contributed by atoms with Crippen LogP contribution in [0.5, 0.6) is 0 Å². The summed E-state index contributed by atoms with van der Waals surface area (Å²) in [6.45, 7) is 13.2. The Morgan fingerprint density at radius 3 is 2.45 bits per heavy atom. The summed E-state index contributed by atoms with van der Waals surface area (Å²) < 4.78 is 0. The van der Waals surface area contributed by atoms with Gasteiger partial charge in [-0.1, -0.05) is 40.5 Å². The maximum Gasteiger partial charge on any atom is 0.00684 e. The van der Waals surface area contributed by atoms with Gasteiger partial charge in [-0.15, -0.1) is 0 Å². The quantitative estimate of drug-likeness (QED) is 0.793. The van der Waals surface area contributed by atoms with Gasteiger partial charge >= 0.3 is 0 Å². The van der Waals surface area contributed by atoms with E-state index in [1.54, 1.807) is 0 Å². The zero-order valence-corrected chi connectivity index (χ0v) is 14.5. The van der Waals surface area contributed by atoms with Gasteiger partial charge in [0.2, 0.25) is 0 Å². The SMILES string of the molecule is CC1CCCC(CNC2CC2)(CN(C)CC(C)(C)C)C1. The molecule has 2 unspecified atom stereocenters. The van der Waals surface area contributed by atoms with Crippen LogP contribution in [0.4, 0.5) is 0 Å². The Bertz CT molecular complexity index is 303. The molecule has 2 heteroatoms. The Labute approximate surface area is 126 Å². The lowest BCUT2D eigenvalue weighted by atomic mass is 9.69. The lowest BCUT2D eigenvalue weighted by molar-refractivity contribution is 0.0768. The normalized spacial score (nSPS) is 31.8. The van der Waals surface area contributed by atoms with E-state index in [0.717, 1.165) is 12.0 Å². The fourth-order valence-electron chi connectivity index (χ4n) is 4.22. The Morgan fingerprint density at radius 1 is 1.20 bits per heavy atom. The first-order chi connectivity index (χ1) is 9.28. The summed E-state index contributed by atoms with van der Waals surface area (Å²) in [5.41, 5.74) is 0.931. The molecule has 0 bridgehead atoms. The van der Waals surface area contributed by atoms with Gasteiger partial charge in [0.15, 0.2) is 0 Å². The number of nitrogens with one attached hydrogen (secondary N) is 1. The monoisotopic (exact) mass is 280 g/mol. The molecule has 0 aliphatic heterocycles. The molecule has 2 aliphatic carbocycles. The van der Waals surface area contributed by atoms with Crippen molar-refractivity contribution < 1.29 is 0 Å². The minimum atomic E-state index is 0.403. The molecule has 20 heavy (non-hydrogen) atoms. The highest BCUT2D eigenvalue weighted by atomic mass is 15.1. The number of hydrogen-bond acceptors (Lipinski definition) is 2. The first-order valence-electron chi connectivity index (χ1n) is 8.70. The lowest BCUT2D eigenvalue weighted by Gasteiger charge is -2.44. The van der Waals surface area contributed by atoms with Gasteiger partial charge in [-0.25, -0.2) is 0 Å². The molecule has 118 valence electrons. The Kier molecular flexibility index (Phi) is 5.18. The van der Waals surface area contributed by atoms with Crippen molar-refractivity contribution >= 4 is 0 Å². The van der Waals surface area contributed by atoms with E-state index < -0.39 is 0 Å². The van der Waals surface area contributed by atoms with E-state index in [1.807, 2.05) is 0 Å². The van der Waals surface area contributed by atoms with Crippen molar-refractivity contribution in [1.29, 1.82) is 0 Å². The third kappa shape index (κ3) is 5.37. The van der Waals surface area contributed by atoms with Gasteiger partial charge in [-0.2, -0.15) is 0 Å². The molecule has 0 aromatic rings. The van der Waals surface area contributed by atoms with Gasteiger partial charge in [-0.05, 0) is 49.5 Å². The molecule has 0 amide bonds. The highest BCUT2D eigenvalue weighted by molar-refractivity contribution is 4.93. The molecule has 2 fully saturated rings. The van der Waals surface area contributed by atoms with Gasteiger partial charge in [0.25, 0.3) is 0 Å². The van der Waals surface area contributed by atoms with E-state index in [4.69, 9.17) is 0 Å². The molecule has 0 saturated heterocycles. The Hall–Kier alpha value is -0.0800. The Balaban J connectivity index is 1.93. The van der Waals surface area contributed by atoms with Crippen LogP contribution in [-0.2, 0) is 0 Å². The Morgan fingerprint density at radius 2 is 1.90 bits per heavy atom. The molecular weight excluding hydrogens is 244 g/mol. The second-order valence-corrected chi connectivity index (χ2v) is 9.09. The largest absolute Gasteiger partial charge is 0.313 e. The zero-order chi connectivity index (χ0) is 14.8. The molecule has 0 spiro atoms. The van der Waals surface area contributed by atoms with E-state index in [0.29, 0.717) is 10.8 Å². The maximum atomic E-state index is 3.83. The van der Waals surface area contributed by atoms with Gasteiger partial charge in [0.1, 0.15) is 0 Å². The summed E-state index contributed by atoms with van der Waals surface area (Å²) >= 11 is 0. The molecule has 0 aromatic heterocycles. The van der Waals surface area contributed by atoms with Crippen LogP contribution in [-0.4, -0.2) is 37.6 Å². The predicted octanol–water partition coefficient (Wildman–Crippen LogP) is 3.91. The van der Waals surface area contributed by atoms with Crippen molar-refractivity contribution in [2.45, 2.75) is 72.3 Å². The summed E-state index contributed by atoms with van der Waals surface area (Å²) in [7, 11) is 2.32. The van der Waals surface area contributed by atoms with E-state index in [9.17, 15) is 0 Å². The van der Waals surface area contributed by atoms with E-state index in [1.165, 1.54) is 58.2 Å². The highest BCUT2D eigenvalue weighted by Crippen LogP contribution is 2.40. The second-order valence-electron chi connectivity index (χ2n) is 9.09. The number of rotatable bonds is 6. The van der Waals surface area contributed by atoms with Crippen LogP contribution >= 0.6 is 0 Å². The third-order valence-corrected chi connectivity index (χ3v) is 4.88. The van der Waals surface area contributed by atoms with Crippen LogP contribution in [0.15, 0.2) is 0 Å². The van der Waals surface area contributed by atoms with Gasteiger partial charge < -0.3 is 10.2 Å². The average molecular weight is 280 g/mol. The van der Waals surface area contributed by atoms with Crippen molar-refractivity contribution in [3.05, 3.63) is 0 Å². The molecule has 2 nitrogen and oxygen atoms in total. The summed E-state index contributed by atoms with van der Waals surface area (Å²) in [4.78, 5) is 2.59. The fourth-order valence-corrected chi connectivity index (χ4v) is 4.22. The molecule has 2 rings (SSSR count). The van der Waals surface area contributed by atoms with Crippen LogP contribution in [0.1, 0.15) is 66.2 Å². The molecule has 0 heterocycles. The lowest BCUT2D eigenvalue weighted by Crippen LogP contribution is -2.47. The first-order valence-corrected chi connectivity index (χ1v) is 8.70. The van der Waals surface area contributed by atoms with E-state index >= 15 is 0 Å². The second kappa shape index (κ2) is 6.36. The van der Waals surface area contributed by atoms with Crippen molar-refractivity contribution in [2.24, 2.45) is 16.7 Å². The van der Waals surface area contributed by atoms with E-state index in [-0.39, 0.29) is 0 Å². The molecular formula is C18H36N2. The summed E-state index contributed by atoms with van der Waals surface area (Å²) in [5.74, 6) is 0.910. The number of nitrogens with zero attached hydrogens (tertiary/aromatic N) is 1. The predicted molar refractivity (Wildman–Crippen MR) is 88.0 cm³/mol. The van der Waals surface area contributed by atoms with Crippen molar-refractivity contribution in [1.82, 2.24) is 10.2 Å².